The van der Waals surface area contributed by atoms with Gasteiger partial charge >= 0.3 is 0 Å². The summed E-state index contributed by atoms with van der Waals surface area (Å²) in [5.41, 5.74) is 1.29. The maximum atomic E-state index is 11.5. The van der Waals surface area contributed by atoms with Crippen LogP contribution in [-0.4, -0.2) is 19.9 Å². The van der Waals surface area contributed by atoms with Gasteiger partial charge in [0.15, 0.2) is 5.16 Å². The summed E-state index contributed by atoms with van der Waals surface area (Å²) in [5, 5.41) is 1.68. The third-order valence-electron chi connectivity index (χ3n) is 2.60. The van der Waals surface area contributed by atoms with Gasteiger partial charge in [0.05, 0.1) is 0 Å². The van der Waals surface area contributed by atoms with Crippen LogP contribution in [0.25, 0.3) is 0 Å². The third kappa shape index (κ3) is 3.58. The lowest BCUT2D eigenvalue weighted by atomic mass is 10.3. The number of hydrogen-bond acceptors (Lipinski definition) is 5. The molecule has 0 saturated carbocycles. The molecule has 0 saturated heterocycles. The Labute approximate surface area is 126 Å². The van der Waals surface area contributed by atoms with Crippen molar-refractivity contribution in [3.05, 3.63) is 38.7 Å². The van der Waals surface area contributed by atoms with Crippen molar-refractivity contribution in [3.8, 4) is 0 Å². The van der Waals surface area contributed by atoms with E-state index in [-0.39, 0.29) is 5.56 Å². The summed E-state index contributed by atoms with van der Waals surface area (Å²) in [6, 6.07) is 1.45. The van der Waals surface area contributed by atoms with Crippen LogP contribution in [0.5, 0.6) is 0 Å². The minimum atomic E-state index is -0.174. The maximum absolute atomic E-state index is 11.5. The van der Waals surface area contributed by atoms with Crippen molar-refractivity contribution >= 4 is 23.4 Å². The van der Waals surface area contributed by atoms with E-state index in [0.29, 0.717) is 21.8 Å². The average molecular weight is 311 g/mol. The van der Waals surface area contributed by atoms with Crippen LogP contribution < -0.4 is 5.56 Å². The molecular weight excluding hydrogens is 296 g/mol. The van der Waals surface area contributed by atoms with Gasteiger partial charge in [-0.05, 0) is 32.0 Å². The highest BCUT2D eigenvalue weighted by Crippen LogP contribution is 2.28. The van der Waals surface area contributed by atoms with Gasteiger partial charge in [-0.2, -0.15) is 0 Å². The quantitative estimate of drug-likeness (QED) is 0.694. The lowest BCUT2D eigenvalue weighted by molar-refractivity contribution is 0.799. The fourth-order valence-corrected chi connectivity index (χ4v) is 2.81. The molecule has 0 bridgehead atoms. The fourth-order valence-electron chi connectivity index (χ4n) is 1.64. The molecule has 0 fully saturated rings. The molecule has 0 spiro atoms. The van der Waals surface area contributed by atoms with Crippen LogP contribution in [-0.2, 0) is 6.42 Å². The first-order chi connectivity index (χ1) is 9.49. The average Bonchev–Trinajstić information content (AvgIpc) is 2.34. The summed E-state index contributed by atoms with van der Waals surface area (Å²) >= 11 is 7.42. The van der Waals surface area contributed by atoms with E-state index in [1.54, 1.807) is 6.92 Å². The van der Waals surface area contributed by atoms with E-state index in [0.717, 1.165) is 23.4 Å². The largest absolute Gasteiger partial charge is 0.301 e. The molecule has 0 unspecified atom stereocenters. The van der Waals surface area contributed by atoms with Crippen molar-refractivity contribution in [1.82, 2.24) is 19.9 Å². The molecule has 2 rings (SSSR count). The van der Waals surface area contributed by atoms with E-state index in [1.807, 2.05) is 6.92 Å². The van der Waals surface area contributed by atoms with Crippen LogP contribution in [0.3, 0.4) is 0 Å². The Morgan fingerprint density at radius 1 is 1.30 bits per heavy atom. The summed E-state index contributed by atoms with van der Waals surface area (Å²) in [4.78, 5) is 27.2. The SMILES string of the molecule is CCCc1nc(Cl)c(C)c(Sc2nc(C)cc(=O)[nH]2)n1. The van der Waals surface area contributed by atoms with Crippen LogP contribution >= 0.6 is 23.4 Å². The van der Waals surface area contributed by atoms with Gasteiger partial charge < -0.3 is 4.98 Å². The lowest BCUT2D eigenvalue weighted by Crippen LogP contribution is -2.08. The topological polar surface area (TPSA) is 71.5 Å². The van der Waals surface area contributed by atoms with Crippen LogP contribution in [0.2, 0.25) is 5.15 Å². The van der Waals surface area contributed by atoms with Crippen molar-refractivity contribution in [2.24, 2.45) is 0 Å². The number of aryl methyl sites for hydroxylation is 2. The van der Waals surface area contributed by atoms with Crippen molar-refractivity contribution in [2.45, 2.75) is 43.8 Å². The number of nitrogens with one attached hydrogen (secondary N) is 1. The Balaban J connectivity index is 2.39. The Kier molecular flexibility index (Phi) is 4.77. The molecule has 0 atom stereocenters. The molecule has 0 aliphatic carbocycles. The third-order valence-corrected chi connectivity index (χ3v) is 3.95. The Bertz CT molecular complexity index is 687. The molecule has 0 amide bonds. The molecule has 0 radical (unpaired) electrons. The molecule has 1 N–H and O–H groups in total. The molecule has 0 aliphatic rings. The van der Waals surface area contributed by atoms with Crippen molar-refractivity contribution in [1.29, 1.82) is 0 Å². The van der Waals surface area contributed by atoms with Crippen molar-refractivity contribution < 1.29 is 0 Å². The molecular formula is C13H15ClN4OS. The molecule has 2 aromatic heterocycles. The van der Waals surface area contributed by atoms with Crippen LogP contribution in [0, 0.1) is 13.8 Å². The minimum absolute atomic E-state index is 0.174. The van der Waals surface area contributed by atoms with E-state index in [2.05, 4.69) is 26.9 Å². The van der Waals surface area contributed by atoms with Crippen LogP contribution in [0.1, 0.15) is 30.4 Å². The first-order valence-electron chi connectivity index (χ1n) is 6.28. The van der Waals surface area contributed by atoms with Gasteiger partial charge in [-0.1, -0.05) is 18.5 Å². The summed E-state index contributed by atoms with van der Waals surface area (Å²) < 4.78 is 0. The van der Waals surface area contributed by atoms with Gasteiger partial charge in [0.1, 0.15) is 16.0 Å². The summed E-state index contributed by atoms with van der Waals surface area (Å²) in [6.45, 7) is 5.69. The highest BCUT2D eigenvalue weighted by molar-refractivity contribution is 7.99. The number of halogens is 1. The molecule has 7 heteroatoms. The normalized spacial score (nSPS) is 10.8. The number of H-pyrrole nitrogens is 1. The minimum Gasteiger partial charge on any atom is -0.301 e. The second kappa shape index (κ2) is 6.37. The molecule has 0 aromatic carbocycles. The zero-order valence-electron chi connectivity index (χ0n) is 11.5. The highest BCUT2D eigenvalue weighted by Gasteiger charge is 2.12. The second-order valence-electron chi connectivity index (χ2n) is 4.40. The number of hydrogen-bond donors (Lipinski definition) is 1. The molecule has 106 valence electrons. The molecule has 2 heterocycles. The standard InChI is InChI=1S/C13H15ClN4OS/c1-4-5-9-16-11(14)8(3)12(17-9)20-13-15-7(2)6-10(19)18-13/h6H,4-5H2,1-3H3,(H,15,18,19). The van der Waals surface area contributed by atoms with Gasteiger partial charge in [0.25, 0.3) is 5.56 Å². The molecule has 0 aliphatic heterocycles. The zero-order valence-corrected chi connectivity index (χ0v) is 13.1. The molecule has 20 heavy (non-hydrogen) atoms. The number of rotatable bonds is 4. The number of nitrogens with zero attached hydrogens (tertiary/aromatic N) is 3. The van der Waals surface area contributed by atoms with E-state index in [9.17, 15) is 4.79 Å². The smallest absolute Gasteiger partial charge is 0.251 e. The van der Waals surface area contributed by atoms with Gasteiger partial charge in [-0.15, -0.1) is 0 Å². The van der Waals surface area contributed by atoms with Crippen LogP contribution in [0.4, 0.5) is 0 Å². The van der Waals surface area contributed by atoms with Crippen molar-refractivity contribution in [2.75, 3.05) is 0 Å². The fraction of sp³-hybridized carbons (Fsp3) is 0.385. The number of aromatic nitrogens is 4. The number of aromatic amines is 1. The predicted molar refractivity (Wildman–Crippen MR) is 79.5 cm³/mol. The Morgan fingerprint density at radius 2 is 2.05 bits per heavy atom. The summed E-state index contributed by atoms with van der Waals surface area (Å²) in [5.74, 6) is 0.709. The van der Waals surface area contributed by atoms with Gasteiger partial charge in [-0.25, -0.2) is 15.0 Å². The van der Waals surface area contributed by atoms with Gasteiger partial charge in [0.2, 0.25) is 0 Å². The van der Waals surface area contributed by atoms with E-state index < -0.39 is 0 Å². The van der Waals surface area contributed by atoms with Crippen LogP contribution in [0.15, 0.2) is 21.0 Å². The first kappa shape index (κ1) is 15.0. The zero-order chi connectivity index (χ0) is 14.7. The Morgan fingerprint density at radius 3 is 2.70 bits per heavy atom. The molecule has 5 nitrogen and oxygen atoms in total. The van der Waals surface area contributed by atoms with E-state index in [1.165, 1.54) is 17.8 Å². The summed E-state index contributed by atoms with van der Waals surface area (Å²) in [6.07, 6.45) is 1.72. The van der Waals surface area contributed by atoms with Gasteiger partial charge in [-0.3, -0.25) is 4.79 Å². The Hall–Kier alpha value is -1.40. The van der Waals surface area contributed by atoms with Crippen molar-refractivity contribution in [3.63, 3.8) is 0 Å². The predicted octanol–water partition coefficient (Wildman–Crippen LogP) is 2.93. The van der Waals surface area contributed by atoms with Gasteiger partial charge in [0, 0.05) is 23.7 Å². The van der Waals surface area contributed by atoms with E-state index in [4.69, 9.17) is 11.6 Å². The summed E-state index contributed by atoms with van der Waals surface area (Å²) in [7, 11) is 0. The lowest BCUT2D eigenvalue weighted by Gasteiger charge is -2.08. The maximum Gasteiger partial charge on any atom is 0.251 e. The first-order valence-corrected chi connectivity index (χ1v) is 7.48. The monoisotopic (exact) mass is 310 g/mol. The second-order valence-corrected chi connectivity index (χ2v) is 5.74. The highest BCUT2D eigenvalue weighted by atomic mass is 35.5. The molecule has 2 aromatic rings. The van der Waals surface area contributed by atoms with E-state index >= 15 is 0 Å².